The van der Waals surface area contributed by atoms with Crippen LogP contribution in [0.5, 0.6) is 5.75 Å². The Morgan fingerprint density at radius 2 is 1.96 bits per heavy atom. The average molecular weight is 348 g/mol. The van der Waals surface area contributed by atoms with Crippen LogP contribution in [0.2, 0.25) is 0 Å². The maximum absolute atomic E-state index is 13.1. The van der Waals surface area contributed by atoms with Gasteiger partial charge in [-0.05, 0) is 36.2 Å². The zero-order valence-corrected chi connectivity index (χ0v) is 14.8. The van der Waals surface area contributed by atoms with Crippen molar-refractivity contribution in [1.29, 1.82) is 0 Å². The number of rotatable bonds is 5. The van der Waals surface area contributed by atoms with E-state index >= 15 is 0 Å². The average Bonchev–Trinajstić information content (AvgIpc) is 3.10. The predicted octanol–water partition coefficient (Wildman–Crippen LogP) is 3.05. The van der Waals surface area contributed by atoms with E-state index in [0.29, 0.717) is 18.0 Å². The van der Waals surface area contributed by atoms with E-state index in [1.165, 1.54) is 4.52 Å². The second-order valence-corrected chi connectivity index (χ2v) is 6.25. The van der Waals surface area contributed by atoms with Gasteiger partial charge in [0.2, 0.25) is 0 Å². The molecule has 0 saturated carbocycles. The predicted molar refractivity (Wildman–Crippen MR) is 101 cm³/mol. The Labute approximate surface area is 150 Å². The molecule has 0 saturated heterocycles. The van der Waals surface area contributed by atoms with Crippen LogP contribution < -0.4 is 10.4 Å². The van der Waals surface area contributed by atoms with E-state index in [-0.39, 0.29) is 5.69 Å². The Hall–Kier alpha value is -3.15. The van der Waals surface area contributed by atoms with Gasteiger partial charge in [-0.2, -0.15) is 4.52 Å². The fourth-order valence-corrected chi connectivity index (χ4v) is 3.21. The van der Waals surface area contributed by atoms with Gasteiger partial charge in [0.05, 0.1) is 19.2 Å². The summed E-state index contributed by atoms with van der Waals surface area (Å²) in [6, 6.07) is 15.6. The summed E-state index contributed by atoms with van der Waals surface area (Å²) in [5.41, 5.74) is 2.28. The molecule has 0 atom stereocenters. The number of para-hydroxylation sites is 1. The number of benzene rings is 2. The maximum atomic E-state index is 13.1. The number of methoxy groups -OCH3 is 1. The van der Waals surface area contributed by atoms with Crippen molar-refractivity contribution in [3.8, 4) is 5.75 Å². The van der Waals surface area contributed by atoms with E-state index in [0.717, 1.165) is 35.1 Å². The molecular formula is C20H20N4O2. The van der Waals surface area contributed by atoms with Gasteiger partial charge in [-0.15, -0.1) is 5.10 Å². The summed E-state index contributed by atoms with van der Waals surface area (Å²) < 4.78 is 8.46. The molecule has 0 spiro atoms. The van der Waals surface area contributed by atoms with Crippen LogP contribution in [0.3, 0.4) is 0 Å². The van der Waals surface area contributed by atoms with Crippen LogP contribution in [0, 0.1) is 0 Å². The lowest BCUT2D eigenvalue weighted by molar-refractivity contribution is 0.414. The highest BCUT2D eigenvalue weighted by atomic mass is 16.5. The quantitative estimate of drug-likeness (QED) is 0.556. The fourth-order valence-electron chi connectivity index (χ4n) is 3.21. The van der Waals surface area contributed by atoms with Crippen LogP contribution in [-0.2, 0) is 13.0 Å². The Balaban J connectivity index is 1.94. The first kappa shape index (κ1) is 16.3. The summed E-state index contributed by atoms with van der Waals surface area (Å²) in [6.07, 6.45) is 1.69. The van der Waals surface area contributed by atoms with E-state index in [2.05, 4.69) is 17.0 Å². The van der Waals surface area contributed by atoms with Crippen LogP contribution >= 0.6 is 0 Å². The zero-order valence-electron chi connectivity index (χ0n) is 14.8. The topological polar surface area (TPSA) is 61.4 Å². The van der Waals surface area contributed by atoms with Gasteiger partial charge in [0.1, 0.15) is 5.75 Å². The van der Waals surface area contributed by atoms with Crippen LogP contribution in [0.1, 0.15) is 24.7 Å². The lowest BCUT2D eigenvalue weighted by Crippen LogP contribution is -2.28. The molecule has 0 radical (unpaired) electrons. The lowest BCUT2D eigenvalue weighted by Gasteiger charge is -2.11. The fraction of sp³-hybridized carbons (Fsp3) is 0.250. The third kappa shape index (κ3) is 2.73. The highest BCUT2D eigenvalue weighted by Gasteiger charge is 2.14. The standard InChI is InChI=1S/C20H20N4O2/c1-3-7-18-21-19-16-10-4-5-11-17(16)23(20(25)24(19)22-18)13-14-8-6-9-15(12-14)26-2/h4-6,8-12H,3,7,13H2,1-2H3. The molecule has 6 heteroatoms. The van der Waals surface area contributed by atoms with Gasteiger partial charge < -0.3 is 4.74 Å². The molecule has 26 heavy (non-hydrogen) atoms. The van der Waals surface area contributed by atoms with Crippen molar-refractivity contribution in [2.24, 2.45) is 0 Å². The second kappa shape index (κ2) is 6.63. The number of aryl methyl sites for hydroxylation is 1. The van der Waals surface area contributed by atoms with Crippen molar-refractivity contribution < 1.29 is 4.74 Å². The SMILES string of the molecule is CCCc1nc2c3ccccc3n(Cc3cccc(OC)c3)c(=O)n2n1. The van der Waals surface area contributed by atoms with Crippen LogP contribution in [0.15, 0.2) is 53.3 Å². The minimum Gasteiger partial charge on any atom is -0.497 e. The molecule has 2 aromatic carbocycles. The zero-order chi connectivity index (χ0) is 18.1. The molecule has 132 valence electrons. The van der Waals surface area contributed by atoms with E-state index in [1.807, 2.05) is 48.5 Å². The highest BCUT2D eigenvalue weighted by Crippen LogP contribution is 2.19. The Morgan fingerprint density at radius 1 is 1.12 bits per heavy atom. The van der Waals surface area contributed by atoms with Crippen LogP contribution in [0.4, 0.5) is 0 Å². The van der Waals surface area contributed by atoms with Gasteiger partial charge in [-0.25, -0.2) is 9.78 Å². The number of aromatic nitrogens is 4. The summed E-state index contributed by atoms with van der Waals surface area (Å²) in [4.78, 5) is 17.7. The van der Waals surface area contributed by atoms with Gasteiger partial charge in [0.15, 0.2) is 11.5 Å². The third-order valence-corrected chi connectivity index (χ3v) is 4.45. The first-order valence-electron chi connectivity index (χ1n) is 8.71. The molecule has 4 aromatic rings. The molecule has 2 aromatic heterocycles. The molecule has 0 aliphatic carbocycles. The van der Waals surface area contributed by atoms with E-state index < -0.39 is 0 Å². The molecule has 2 heterocycles. The number of hydrogen-bond donors (Lipinski definition) is 0. The maximum Gasteiger partial charge on any atom is 0.351 e. The molecule has 0 aliphatic rings. The molecule has 4 rings (SSSR count). The molecule has 0 unspecified atom stereocenters. The molecule has 6 nitrogen and oxygen atoms in total. The normalized spacial score (nSPS) is 11.3. The van der Waals surface area contributed by atoms with Gasteiger partial charge in [0.25, 0.3) is 0 Å². The number of hydrogen-bond acceptors (Lipinski definition) is 4. The Bertz CT molecular complexity index is 1140. The van der Waals surface area contributed by atoms with Gasteiger partial charge in [-0.3, -0.25) is 4.57 Å². The van der Waals surface area contributed by atoms with Crippen molar-refractivity contribution >= 4 is 16.6 Å². The van der Waals surface area contributed by atoms with Crippen molar-refractivity contribution in [1.82, 2.24) is 19.2 Å². The van der Waals surface area contributed by atoms with E-state index in [4.69, 9.17) is 4.74 Å². The van der Waals surface area contributed by atoms with Gasteiger partial charge >= 0.3 is 5.69 Å². The van der Waals surface area contributed by atoms with Gasteiger partial charge in [0, 0.05) is 11.8 Å². The van der Waals surface area contributed by atoms with Crippen molar-refractivity contribution in [3.05, 3.63) is 70.4 Å². The van der Waals surface area contributed by atoms with Gasteiger partial charge in [-0.1, -0.05) is 31.2 Å². The summed E-state index contributed by atoms with van der Waals surface area (Å²) in [7, 11) is 1.64. The number of fused-ring (bicyclic) bond motifs is 3. The lowest BCUT2D eigenvalue weighted by atomic mass is 10.2. The van der Waals surface area contributed by atoms with E-state index in [9.17, 15) is 4.79 Å². The molecule has 0 bridgehead atoms. The highest BCUT2D eigenvalue weighted by molar-refractivity contribution is 5.91. The summed E-state index contributed by atoms with van der Waals surface area (Å²) >= 11 is 0. The monoisotopic (exact) mass is 348 g/mol. The van der Waals surface area contributed by atoms with Crippen LogP contribution in [0.25, 0.3) is 16.6 Å². The molecular weight excluding hydrogens is 328 g/mol. The minimum absolute atomic E-state index is 0.184. The minimum atomic E-state index is -0.184. The molecule has 0 N–H and O–H groups in total. The third-order valence-electron chi connectivity index (χ3n) is 4.45. The smallest absolute Gasteiger partial charge is 0.351 e. The molecule has 0 fully saturated rings. The Morgan fingerprint density at radius 3 is 2.77 bits per heavy atom. The second-order valence-electron chi connectivity index (χ2n) is 6.25. The van der Waals surface area contributed by atoms with Crippen molar-refractivity contribution in [2.45, 2.75) is 26.3 Å². The molecule has 0 aliphatic heterocycles. The van der Waals surface area contributed by atoms with Crippen molar-refractivity contribution in [3.63, 3.8) is 0 Å². The Kier molecular flexibility index (Phi) is 4.16. The molecule has 0 amide bonds. The first-order valence-corrected chi connectivity index (χ1v) is 8.71. The summed E-state index contributed by atoms with van der Waals surface area (Å²) in [6.45, 7) is 2.51. The summed E-state index contributed by atoms with van der Waals surface area (Å²) in [5, 5.41) is 5.36. The first-order chi connectivity index (χ1) is 12.7. The number of nitrogens with zero attached hydrogens (tertiary/aromatic N) is 4. The number of ether oxygens (including phenoxy) is 1. The largest absolute Gasteiger partial charge is 0.497 e. The van der Waals surface area contributed by atoms with E-state index in [1.54, 1.807) is 11.7 Å². The van der Waals surface area contributed by atoms with Crippen LogP contribution in [-0.4, -0.2) is 26.3 Å². The summed E-state index contributed by atoms with van der Waals surface area (Å²) in [5.74, 6) is 1.47. The van der Waals surface area contributed by atoms with Crippen molar-refractivity contribution in [2.75, 3.05) is 7.11 Å².